The first-order valence-electron chi connectivity index (χ1n) is 8.86. The molecule has 0 bridgehead atoms. The molecular weight excluding hydrogens is 320 g/mol. The highest BCUT2D eigenvalue weighted by Gasteiger charge is 2.28. The molecule has 1 atom stereocenters. The van der Waals surface area contributed by atoms with Gasteiger partial charge < -0.3 is 19.3 Å². The molecule has 4 rings (SSSR count). The summed E-state index contributed by atoms with van der Waals surface area (Å²) in [6.07, 6.45) is 4.63. The molecule has 2 heterocycles. The second kappa shape index (κ2) is 7.27. The molecule has 1 unspecified atom stereocenters. The summed E-state index contributed by atoms with van der Waals surface area (Å²) in [6.45, 7) is 1.86. The Labute approximate surface area is 146 Å². The Hall–Kier alpha value is -2.34. The first-order chi connectivity index (χ1) is 12.3. The molecule has 0 radical (unpaired) electrons. The van der Waals surface area contributed by atoms with Gasteiger partial charge in [0.25, 0.3) is 5.91 Å². The van der Waals surface area contributed by atoms with Crippen LogP contribution in [-0.4, -0.2) is 30.4 Å². The highest BCUT2D eigenvalue weighted by atomic mass is 16.5. The fourth-order valence-corrected chi connectivity index (χ4v) is 2.90. The molecule has 2 aliphatic rings. The maximum atomic E-state index is 12.1. The third-order valence-electron chi connectivity index (χ3n) is 4.58. The maximum absolute atomic E-state index is 12.1. The second-order valence-corrected chi connectivity index (χ2v) is 6.66. The van der Waals surface area contributed by atoms with Gasteiger partial charge in [-0.3, -0.25) is 4.79 Å². The second-order valence-electron chi connectivity index (χ2n) is 6.66. The number of aromatic nitrogens is 1. The van der Waals surface area contributed by atoms with Gasteiger partial charge in [0.2, 0.25) is 0 Å². The van der Waals surface area contributed by atoms with E-state index in [1.807, 2.05) is 24.3 Å². The zero-order valence-electron chi connectivity index (χ0n) is 14.1. The van der Waals surface area contributed by atoms with Crippen LogP contribution in [0.15, 0.2) is 34.9 Å². The summed E-state index contributed by atoms with van der Waals surface area (Å²) in [5, 5.41) is 6.71. The quantitative estimate of drug-likeness (QED) is 0.837. The van der Waals surface area contributed by atoms with E-state index in [1.54, 1.807) is 6.07 Å². The lowest BCUT2D eigenvalue weighted by Gasteiger charge is -2.11. The van der Waals surface area contributed by atoms with E-state index < -0.39 is 0 Å². The van der Waals surface area contributed by atoms with Gasteiger partial charge in [-0.25, -0.2) is 0 Å². The van der Waals surface area contributed by atoms with Gasteiger partial charge >= 0.3 is 0 Å². The molecule has 132 valence electrons. The maximum Gasteiger partial charge on any atom is 0.273 e. The Morgan fingerprint density at radius 2 is 2.08 bits per heavy atom. The molecule has 1 saturated heterocycles. The van der Waals surface area contributed by atoms with Gasteiger partial charge in [-0.1, -0.05) is 17.3 Å². The average molecular weight is 342 g/mol. The zero-order chi connectivity index (χ0) is 17.1. The van der Waals surface area contributed by atoms with Crippen molar-refractivity contribution in [2.45, 2.75) is 44.2 Å². The molecule has 6 heteroatoms. The highest BCUT2D eigenvalue weighted by Crippen LogP contribution is 2.40. The van der Waals surface area contributed by atoms with Gasteiger partial charge in [-0.2, -0.15) is 0 Å². The highest BCUT2D eigenvalue weighted by molar-refractivity contribution is 5.92. The molecule has 25 heavy (non-hydrogen) atoms. The van der Waals surface area contributed by atoms with Crippen molar-refractivity contribution < 1.29 is 18.8 Å². The van der Waals surface area contributed by atoms with Gasteiger partial charge in [0.05, 0.1) is 6.10 Å². The average Bonchev–Trinajstić information content (AvgIpc) is 3.15. The Bertz CT molecular complexity index is 715. The number of nitrogens with one attached hydrogen (secondary N) is 1. The first kappa shape index (κ1) is 16.1. The van der Waals surface area contributed by atoms with Gasteiger partial charge in [-0.05, 0) is 43.4 Å². The molecule has 0 spiro atoms. The van der Waals surface area contributed by atoms with Crippen LogP contribution in [0.4, 0.5) is 0 Å². The summed E-state index contributed by atoms with van der Waals surface area (Å²) in [5.74, 6) is 1.87. The number of carbonyl (C=O) groups excluding carboxylic acids is 1. The van der Waals surface area contributed by atoms with Crippen LogP contribution in [0.5, 0.6) is 5.75 Å². The van der Waals surface area contributed by atoms with Crippen molar-refractivity contribution in [1.29, 1.82) is 0 Å². The van der Waals surface area contributed by atoms with E-state index in [4.69, 9.17) is 14.0 Å². The van der Waals surface area contributed by atoms with Crippen LogP contribution in [0, 0.1) is 0 Å². The Kier molecular flexibility index (Phi) is 4.70. The normalized spacial score (nSPS) is 19.8. The molecule has 1 aliphatic carbocycles. The molecule has 1 amide bonds. The fourth-order valence-electron chi connectivity index (χ4n) is 2.90. The van der Waals surface area contributed by atoms with Crippen LogP contribution in [-0.2, 0) is 11.3 Å². The zero-order valence-corrected chi connectivity index (χ0v) is 14.1. The van der Waals surface area contributed by atoms with Crippen LogP contribution < -0.4 is 10.1 Å². The van der Waals surface area contributed by atoms with Crippen molar-refractivity contribution in [3.05, 3.63) is 47.3 Å². The number of nitrogens with zero attached hydrogens (tertiary/aromatic N) is 1. The van der Waals surface area contributed by atoms with Crippen LogP contribution in [0.1, 0.15) is 53.4 Å². The minimum absolute atomic E-state index is 0.210. The molecular formula is C19H22N2O4. The predicted octanol–water partition coefficient (Wildman–Crippen LogP) is 3.04. The van der Waals surface area contributed by atoms with E-state index >= 15 is 0 Å². The lowest BCUT2D eigenvalue weighted by molar-refractivity contribution is 0.0679. The van der Waals surface area contributed by atoms with Gasteiger partial charge in [0.15, 0.2) is 5.69 Å². The fraction of sp³-hybridized carbons (Fsp3) is 0.474. The van der Waals surface area contributed by atoms with Crippen LogP contribution in [0.25, 0.3) is 0 Å². The predicted molar refractivity (Wildman–Crippen MR) is 90.6 cm³/mol. The smallest absolute Gasteiger partial charge is 0.273 e. The number of hydrogen-bond donors (Lipinski definition) is 1. The molecule has 2 aromatic rings. The standard InChI is InChI=1S/C19H22N2O4/c22-19(17-10-18(25-21-17)14-5-6-14)20-11-13-3-7-15(8-4-13)24-12-16-2-1-9-23-16/h3-4,7-8,10,14,16H,1-2,5-6,9,11-12H2,(H,20,22). The number of benzene rings is 1. The number of amides is 1. The van der Waals surface area contributed by atoms with Gasteiger partial charge in [0.1, 0.15) is 18.1 Å². The Morgan fingerprint density at radius 3 is 2.80 bits per heavy atom. The summed E-state index contributed by atoms with van der Waals surface area (Å²) >= 11 is 0. The van der Waals surface area contributed by atoms with E-state index in [0.29, 0.717) is 24.8 Å². The van der Waals surface area contributed by atoms with E-state index in [9.17, 15) is 4.79 Å². The number of carbonyl (C=O) groups is 1. The van der Waals surface area contributed by atoms with E-state index in [1.165, 1.54) is 0 Å². The summed E-state index contributed by atoms with van der Waals surface area (Å²) in [4.78, 5) is 12.1. The van der Waals surface area contributed by atoms with Crippen molar-refractivity contribution in [2.24, 2.45) is 0 Å². The molecule has 1 saturated carbocycles. The van der Waals surface area contributed by atoms with Crippen molar-refractivity contribution in [3.63, 3.8) is 0 Å². The molecule has 1 aliphatic heterocycles. The number of hydrogen-bond acceptors (Lipinski definition) is 5. The summed E-state index contributed by atoms with van der Waals surface area (Å²) < 4.78 is 16.5. The van der Waals surface area contributed by atoms with Crippen molar-refractivity contribution in [2.75, 3.05) is 13.2 Å². The summed E-state index contributed by atoms with van der Waals surface area (Å²) in [6, 6.07) is 9.47. The lowest BCUT2D eigenvalue weighted by Crippen LogP contribution is -2.23. The molecule has 6 nitrogen and oxygen atoms in total. The van der Waals surface area contributed by atoms with E-state index in [-0.39, 0.29) is 12.0 Å². The SMILES string of the molecule is O=C(NCc1ccc(OCC2CCCO2)cc1)c1cc(C2CC2)on1. The van der Waals surface area contributed by atoms with E-state index in [2.05, 4.69) is 10.5 Å². The van der Waals surface area contributed by atoms with Crippen molar-refractivity contribution in [3.8, 4) is 5.75 Å². The van der Waals surface area contributed by atoms with Crippen LogP contribution >= 0.6 is 0 Å². The van der Waals surface area contributed by atoms with Gasteiger partial charge in [-0.15, -0.1) is 0 Å². The summed E-state index contributed by atoms with van der Waals surface area (Å²) in [7, 11) is 0. The topological polar surface area (TPSA) is 73.6 Å². The molecule has 1 N–H and O–H groups in total. The number of ether oxygens (including phenoxy) is 2. The first-order valence-corrected chi connectivity index (χ1v) is 8.86. The Morgan fingerprint density at radius 1 is 1.24 bits per heavy atom. The minimum Gasteiger partial charge on any atom is -0.491 e. The Balaban J connectivity index is 1.24. The van der Waals surface area contributed by atoms with E-state index in [0.717, 1.165) is 49.4 Å². The van der Waals surface area contributed by atoms with Crippen LogP contribution in [0.3, 0.4) is 0 Å². The van der Waals surface area contributed by atoms with Crippen molar-refractivity contribution >= 4 is 5.91 Å². The molecule has 2 fully saturated rings. The lowest BCUT2D eigenvalue weighted by atomic mass is 10.2. The largest absolute Gasteiger partial charge is 0.491 e. The molecule has 1 aromatic heterocycles. The van der Waals surface area contributed by atoms with Gasteiger partial charge in [0, 0.05) is 25.1 Å². The molecule has 1 aromatic carbocycles. The number of rotatable bonds is 7. The monoisotopic (exact) mass is 342 g/mol. The van der Waals surface area contributed by atoms with Crippen LogP contribution in [0.2, 0.25) is 0 Å². The third-order valence-corrected chi connectivity index (χ3v) is 4.58. The third kappa shape index (κ3) is 4.20. The van der Waals surface area contributed by atoms with Crippen molar-refractivity contribution in [1.82, 2.24) is 10.5 Å². The minimum atomic E-state index is -0.214. The summed E-state index contributed by atoms with van der Waals surface area (Å²) in [5.41, 5.74) is 1.35.